The van der Waals surface area contributed by atoms with E-state index in [1.165, 1.54) is 42.9 Å². The minimum absolute atomic E-state index is 0.0894. The molecule has 4 aromatic rings. The SMILES string of the molecule is CC(c1ccc(F)cc1)=[N+]1C=Nc2c1nc(CC1CC1)c(C(N)=O)c2-c1ccc2c(c1)OC(F)(F)C(=O)N2Cc1ccc(Cl)cn1. The van der Waals surface area contributed by atoms with Crippen molar-refractivity contribution in [3.05, 3.63) is 94.1 Å². The highest BCUT2D eigenvalue weighted by Crippen LogP contribution is 2.48. The van der Waals surface area contributed by atoms with Gasteiger partial charge in [-0.1, -0.05) is 17.7 Å². The number of aromatic nitrogens is 2. The number of aliphatic imine (C=N–C) groups is 1. The lowest BCUT2D eigenvalue weighted by Crippen LogP contribution is -2.50. The number of nitrogens with zero attached hydrogens (tertiary/aromatic N) is 5. The van der Waals surface area contributed by atoms with Crippen LogP contribution in [0.1, 0.15) is 47.1 Å². The molecule has 0 atom stereocenters. The van der Waals surface area contributed by atoms with Crippen LogP contribution in [-0.2, 0) is 17.8 Å². The van der Waals surface area contributed by atoms with E-state index >= 15 is 8.78 Å². The van der Waals surface area contributed by atoms with Gasteiger partial charge in [0.2, 0.25) is 12.0 Å². The summed E-state index contributed by atoms with van der Waals surface area (Å²) in [6.45, 7) is 1.57. The molecule has 2 N–H and O–H groups in total. The van der Waals surface area contributed by atoms with Crippen LogP contribution in [0.2, 0.25) is 5.02 Å². The Labute approximate surface area is 265 Å². The number of nitrogens with two attached hydrogens (primary N) is 1. The highest BCUT2D eigenvalue weighted by atomic mass is 35.5. The Morgan fingerprint density at radius 2 is 1.91 bits per heavy atom. The Hall–Kier alpha value is -5.10. The second-order valence-corrected chi connectivity index (χ2v) is 11.8. The first kappa shape index (κ1) is 29.6. The molecule has 0 radical (unpaired) electrons. The number of pyridine rings is 2. The minimum Gasteiger partial charge on any atom is -0.423 e. The molecule has 2 aromatic heterocycles. The lowest BCUT2D eigenvalue weighted by Gasteiger charge is -2.33. The first-order valence-electron chi connectivity index (χ1n) is 14.4. The van der Waals surface area contributed by atoms with Crippen LogP contribution in [0.3, 0.4) is 0 Å². The van der Waals surface area contributed by atoms with Crippen molar-refractivity contribution in [1.29, 1.82) is 0 Å². The fourth-order valence-electron chi connectivity index (χ4n) is 5.68. The maximum Gasteiger partial charge on any atom is 0.482 e. The summed E-state index contributed by atoms with van der Waals surface area (Å²) in [5.41, 5.74) is 9.30. The Kier molecular flexibility index (Phi) is 7.11. The number of benzene rings is 2. The molecule has 2 aliphatic heterocycles. The smallest absolute Gasteiger partial charge is 0.423 e. The summed E-state index contributed by atoms with van der Waals surface area (Å²) in [7, 11) is 0. The maximum atomic E-state index is 15.0. The summed E-state index contributed by atoms with van der Waals surface area (Å²) in [6, 6.07) is 13.5. The highest BCUT2D eigenvalue weighted by Gasteiger charge is 2.51. The van der Waals surface area contributed by atoms with Gasteiger partial charge in [0.25, 0.3) is 5.91 Å². The first-order valence-corrected chi connectivity index (χ1v) is 14.8. The van der Waals surface area contributed by atoms with Crippen LogP contribution in [0.5, 0.6) is 5.75 Å². The van der Waals surface area contributed by atoms with Gasteiger partial charge in [-0.2, -0.15) is 8.78 Å². The summed E-state index contributed by atoms with van der Waals surface area (Å²) in [5.74, 6) is -2.23. The van der Waals surface area contributed by atoms with Crippen LogP contribution in [-0.4, -0.2) is 44.5 Å². The van der Waals surface area contributed by atoms with Crippen molar-refractivity contribution < 1.29 is 32.1 Å². The fourth-order valence-corrected chi connectivity index (χ4v) is 5.79. The number of rotatable bonds is 7. The monoisotopic (exact) mass is 645 g/mol. The van der Waals surface area contributed by atoms with Crippen molar-refractivity contribution in [3.8, 4) is 16.9 Å². The second-order valence-electron chi connectivity index (χ2n) is 11.4. The lowest BCUT2D eigenvalue weighted by atomic mass is 9.93. The summed E-state index contributed by atoms with van der Waals surface area (Å²) < 4.78 is 50.3. The molecule has 1 saturated carbocycles. The molecule has 232 valence electrons. The molecule has 1 fully saturated rings. The fraction of sp³-hybridized carbons (Fsp3) is 0.212. The van der Waals surface area contributed by atoms with Gasteiger partial charge in [-0.05, 0) is 79.8 Å². The normalized spacial score (nSPS) is 17.4. The Morgan fingerprint density at radius 3 is 2.59 bits per heavy atom. The molecule has 0 bridgehead atoms. The van der Waals surface area contributed by atoms with Crippen LogP contribution in [0.15, 0.2) is 65.8 Å². The summed E-state index contributed by atoms with van der Waals surface area (Å²) >= 11 is 5.92. The van der Waals surface area contributed by atoms with E-state index in [4.69, 9.17) is 27.1 Å². The molecular weight excluding hydrogens is 621 g/mol. The molecule has 46 heavy (non-hydrogen) atoms. The molecule has 9 nitrogen and oxygen atoms in total. The number of fused-ring (bicyclic) bond motifs is 2. The highest BCUT2D eigenvalue weighted by molar-refractivity contribution is 6.30. The van der Waals surface area contributed by atoms with Crippen molar-refractivity contribution in [2.75, 3.05) is 4.90 Å². The van der Waals surface area contributed by atoms with Crippen molar-refractivity contribution in [1.82, 2.24) is 9.97 Å². The van der Waals surface area contributed by atoms with Crippen molar-refractivity contribution in [2.24, 2.45) is 16.6 Å². The number of alkyl halides is 2. The number of amides is 2. The van der Waals surface area contributed by atoms with Gasteiger partial charge in [-0.25, -0.2) is 8.97 Å². The topological polar surface area (TPSA) is 114 Å². The average molecular weight is 646 g/mol. The van der Waals surface area contributed by atoms with E-state index in [1.54, 1.807) is 28.8 Å². The molecule has 3 aliphatic rings. The molecule has 4 heterocycles. The van der Waals surface area contributed by atoms with Crippen LogP contribution >= 0.6 is 11.6 Å². The van der Waals surface area contributed by atoms with E-state index in [1.807, 2.05) is 6.92 Å². The third-order valence-corrected chi connectivity index (χ3v) is 8.41. The minimum atomic E-state index is -4.17. The van der Waals surface area contributed by atoms with Gasteiger partial charge in [0.15, 0.2) is 5.75 Å². The van der Waals surface area contributed by atoms with Gasteiger partial charge in [-0.15, -0.1) is 9.98 Å². The van der Waals surface area contributed by atoms with E-state index in [0.717, 1.165) is 23.3 Å². The van der Waals surface area contributed by atoms with E-state index < -0.39 is 17.9 Å². The average Bonchev–Trinajstić information content (AvgIpc) is 3.74. The third-order valence-electron chi connectivity index (χ3n) is 8.19. The van der Waals surface area contributed by atoms with Gasteiger partial charge in [-0.3, -0.25) is 19.5 Å². The number of primary amides is 1. The summed E-state index contributed by atoms with van der Waals surface area (Å²) in [5, 5.41) is 0.357. The molecule has 0 saturated heterocycles. The Morgan fingerprint density at radius 1 is 1.15 bits per heavy atom. The van der Waals surface area contributed by atoms with Gasteiger partial charge in [0, 0.05) is 23.7 Å². The van der Waals surface area contributed by atoms with Crippen LogP contribution in [0.4, 0.5) is 30.4 Å². The van der Waals surface area contributed by atoms with Gasteiger partial charge >= 0.3 is 17.8 Å². The maximum absolute atomic E-state index is 15.0. The van der Waals surface area contributed by atoms with Crippen LogP contribution < -0.4 is 15.4 Å². The zero-order chi connectivity index (χ0) is 32.3. The van der Waals surface area contributed by atoms with E-state index in [2.05, 4.69) is 9.98 Å². The number of hydrogen-bond donors (Lipinski definition) is 1. The van der Waals surface area contributed by atoms with Crippen molar-refractivity contribution in [2.45, 2.75) is 38.8 Å². The van der Waals surface area contributed by atoms with Gasteiger partial charge in [0.05, 0.1) is 34.2 Å². The number of ether oxygens (including phenoxy) is 1. The molecule has 0 unspecified atom stereocenters. The molecule has 13 heteroatoms. The molecule has 7 rings (SSSR count). The predicted molar refractivity (Wildman–Crippen MR) is 165 cm³/mol. The zero-order valence-electron chi connectivity index (χ0n) is 24.3. The Balaban J connectivity index is 1.39. The standard InChI is InChI=1S/C33H24ClF3N6O3/c1-17(19-4-8-22(35)9-5-19)43-16-40-29-27(28(30(38)44)24(41-31(29)43)12-18-2-3-18)20-6-11-25-26(13-20)46-33(36,37)32(45)42(25)15-23-10-7-21(34)14-39-23/h4-11,13-14,16,18H,2-3,12,15H2,1H3,(H-,38,44)/p+1. The summed E-state index contributed by atoms with van der Waals surface area (Å²) in [4.78, 5) is 40.3. The van der Waals surface area contributed by atoms with Crippen molar-refractivity contribution in [3.63, 3.8) is 0 Å². The number of hydrogen-bond acceptors (Lipinski definition) is 6. The van der Waals surface area contributed by atoms with E-state index in [0.29, 0.717) is 57.1 Å². The molecule has 2 aromatic carbocycles. The number of carbonyl (C=O) groups is 2. The zero-order valence-corrected chi connectivity index (χ0v) is 25.1. The predicted octanol–water partition coefficient (Wildman–Crippen LogP) is 6.33. The van der Waals surface area contributed by atoms with Crippen molar-refractivity contribution >= 4 is 52.7 Å². The number of anilines is 1. The largest absolute Gasteiger partial charge is 0.482 e. The lowest BCUT2D eigenvalue weighted by molar-refractivity contribution is -0.294. The number of halogens is 4. The van der Waals surface area contributed by atoms with Crippen LogP contribution in [0, 0.1) is 11.7 Å². The molecule has 2 amide bonds. The first-order chi connectivity index (χ1) is 22.0. The quantitative estimate of drug-likeness (QED) is 0.236. The Bertz CT molecular complexity index is 1990. The third kappa shape index (κ3) is 5.28. The summed E-state index contributed by atoms with van der Waals surface area (Å²) in [6.07, 6.45) is 1.16. The van der Waals surface area contributed by atoms with Gasteiger partial charge < -0.3 is 10.5 Å². The molecule has 1 aliphatic carbocycles. The van der Waals surface area contributed by atoms with Crippen LogP contribution in [0.25, 0.3) is 11.1 Å². The van der Waals surface area contributed by atoms with E-state index in [9.17, 15) is 14.0 Å². The molecular formula is C33H25ClF3N6O3+. The second kappa shape index (κ2) is 11.1. The number of carbonyl (C=O) groups excluding carboxylic acids is 2. The van der Waals surface area contributed by atoms with Gasteiger partial charge in [0.1, 0.15) is 11.5 Å². The van der Waals surface area contributed by atoms with E-state index in [-0.39, 0.29) is 29.4 Å². The molecule has 0 spiro atoms.